The summed E-state index contributed by atoms with van der Waals surface area (Å²) in [6.45, 7) is 2.76. The molecule has 0 bridgehead atoms. The number of nitrogens with zero attached hydrogens (tertiary/aromatic N) is 3. The highest BCUT2D eigenvalue weighted by atomic mass is 79.9. The average Bonchev–Trinajstić information content (AvgIpc) is 3.23. The molecule has 1 heterocycles. The summed E-state index contributed by atoms with van der Waals surface area (Å²) < 4.78 is 6.73. The SMILES string of the molecule is Cc1ccc(N=C2S/C(=C/c3ccc(OCc4ccccc4C#N)c(Br)c3)C(=O)N2Cc2ccccc2)cc1. The number of hydrogen-bond donors (Lipinski definition) is 0. The Morgan fingerprint density at radius 3 is 2.49 bits per heavy atom. The van der Waals surface area contributed by atoms with Crippen molar-refractivity contribution in [2.45, 2.75) is 20.1 Å². The molecular formula is C32H24BrN3O2S. The zero-order valence-corrected chi connectivity index (χ0v) is 23.6. The van der Waals surface area contributed by atoms with E-state index in [1.807, 2.05) is 104 Å². The number of carbonyl (C=O) groups is 1. The van der Waals surface area contributed by atoms with E-state index in [0.717, 1.165) is 32.4 Å². The third-order valence-electron chi connectivity index (χ3n) is 6.10. The number of carbonyl (C=O) groups excluding carboxylic acids is 1. The number of ether oxygens (including phenoxy) is 1. The Bertz CT molecular complexity index is 1610. The van der Waals surface area contributed by atoms with Crippen molar-refractivity contribution in [3.8, 4) is 11.8 Å². The Labute approximate surface area is 240 Å². The molecule has 192 valence electrons. The lowest BCUT2D eigenvalue weighted by molar-refractivity contribution is -0.122. The van der Waals surface area contributed by atoms with Crippen LogP contribution < -0.4 is 4.74 Å². The first kappa shape index (κ1) is 26.5. The first-order valence-corrected chi connectivity index (χ1v) is 13.9. The summed E-state index contributed by atoms with van der Waals surface area (Å²) in [5.41, 5.74) is 5.27. The Morgan fingerprint density at radius 1 is 1.00 bits per heavy atom. The normalized spacial score (nSPS) is 15.1. The largest absolute Gasteiger partial charge is 0.488 e. The molecular weight excluding hydrogens is 570 g/mol. The van der Waals surface area contributed by atoms with E-state index in [9.17, 15) is 10.1 Å². The molecule has 4 aromatic rings. The van der Waals surface area contributed by atoms with Crippen molar-refractivity contribution in [3.63, 3.8) is 0 Å². The van der Waals surface area contributed by atoms with E-state index < -0.39 is 0 Å². The fourth-order valence-corrected chi connectivity index (χ4v) is 5.52. The molecule has 1 amide bonds. The summed E-state index contributed by atoms with van der Waals surface area (Å²) in [7, 11) is 0. The van der Waals surface area contributed by atoms with Gasteiger partial charge in [-0.05, 0) is 82.2 Å². The first-order valence-electron chi connectivity index (χ1n) is 12.3. The zero-order valence-electron chi connectivity index (χ0n) is 21.2. The Kier molecular flexibility index (Phi) is 8.26. The molecule has 1 aliphatic rings. The van der Waals surface area contributed by atoms with Gasteiger partial charge in [0.15, 0.2) is 5.17 Å². The molecule has 39 heavy (non-hydrogen) atoms. The van der Waals surface area contributed by atoms with Gasteiger partial charge in [-0.25, -0.2) is 4.99 Å². The second kappa shape index (κ2) is 12.2. The van der Waals surface area contributed by atoms with E-state index >= 15 is 0 Å². The molecule has 0 saturated carbocycles. The number of rotatable bonds is 7. The van der Waals surface area contributed by atoms with Gasteiger partial charge in [0.2, 0.25) is 0 Å². The number of hydrogen-bond acceptors (Lipinski definition) is 5. The Hall–Kier alpha value is -4.12. The Balaban J connectivity index is 1.38. The number of benzene rings is 4. The standard InChI is InChI=1S/C32H24BrN3O2S/c1-22-11-14-27(15-12-22)35-32-36(20-23-7-3-2-4-8-23)31(37)30(39-32)18-24-13-16-29(28(33)17-24)38-21-26-10-6-5-9-25(26)19-34/h2-18H,20-21H2,1H3/b30-18+,35-32?. The van der Waals surface area contributed by atoms with Crippen LogP contribution in [0.1, 0.15) is 27.8 Å². The molecule has 1 fully saturated rings. The maximum Gasteiger partial charge on any atom is 0.267 e. The van der Waals surface area contributed by atoms with Gasteiger partial charge in [-0.2, -0.15) is 5.26 Å². The summed E-state index contributed by atoms with van der Waals surface area (Å²) in [4.78, 5) is 20.7. The van der Waals surface area contributed by atoms with Crippen molar-refractivity contribution < 1.29 is 9.53 Å². The van der Waals surface area contributed by atoms with Gasteiger partial charge >= 0.3 is 0 Å². The van der Waals surface area contributed by atoms with Gasteiger partial charge in [-0.3, -0.25) is 9.69 Å². The molecule has 0 unspecified atom stereocenters. The number of aliphatic imine (C=N–C) groups is 1. The van der Waals surface area contributed by atoms with Gasteiger partial charge in [-0.15, -0.1) is 0 Å². The third-order valence-corrected chi connectivity index (χ3v) is 7.73. The molecule has 7 heteroatoms. The minimum Gasteiger partial charge on any atom is -0.488 e. The van der Waals surface area contributed by atoms with Gasteiger partial charge in [0.1, 0.15) is 12.4 Å². The lowest BCUT2D eigenvalue weighted by Gasteiger charge is -2.15. The molecule has 4 aromatic carbocycles. The quantitative estimate of drug-likeness (QED) is 0.203. The van der Waals surface area contributed by atoms with Crippen LogP contribution in [-0.2, 0) is 17.9 Å². The topological polar surface area (TPSA) is 65.7 Å². The Morgan fingerprint density at radius 2 is 1.74 bits per heavy atom. The van der Waals surface area contributed by atoms with Crippen LogP contribution in [0, 0.1) is 18.3 Å². The highest BCUT2D eigenvalue weighted by Crippen LogP contribution is 2.36. The van der Waals surface area contributed by atoms with Crippen molar-refractivity contribution in [2.24, 2.45) is 4.99 Å². The lowest BCUT2D eigenvalue weighted by Crippen LogP contribution is -2.28. The summed E-state index contributed by atoms with van der Waals surface area (Å²) in [5, 5.41) is 9.96. The maximum atomic E-state index is 13.5. The summed E-state index contributed by atoms with van der Waals surface area (Å²) in [6.07, 6.45) is 1.88. The average molecular weight is 595 g/mol. The molecule has 0 radical (unpaired) electrons. The minimum absolute atomic E-state index is 0.0840. The van der Waals surface area contributed by atoms with E-state index in [1.165, 1.54) is 11.8 Å². The van der Waals surface area contributed by atoms with Crippen molar-refractivity contribution >= 4 is 50.5 Å². The van der Waals surface area contributed by atoms with Crippen LogP contribution in [0.3, 0.4) is 0 Å². The highest BCUT2D eigenvalue weighted by molar-refractivity contribution is 9.10. The molecule has 0 atom stereocenters. The third kappa shape index (κ3) is 6.48. The number of amides is 1. The van der Waals surface area contributed by atoms with Crippen LogP contribution in [0.5, 0.6) is 5.75 Å². The fourth-order valence-electron chi connectivity index (χ4n) is 4.01. The maximum absolute atomic E-state index is 13.5. The molecule has 0 aromatic heterocycles. The minimum atomic E-state index is -0.0840. The van der Waals surface area contributed by atoms with Crippen molar-refractivity contribution in [2.75, 3.05) is 0 Å². The smallest absolute Gasteiger partial charge is 0.267 e. The van der Waals surface area contributed by atoms with Gasteiger partial charge in [-0.1, -0.05) is 72.3 Å². The second-order valence-electron chi connectivity index (χ2n) is 8.96. The first-order chi connectivity index (χ1) is 19.0. The molecule has 0 aliphatic carbocycles. The van der Waals surface area contributed by atoms with E-state index in [2.05, 4.69) is 22.0 Å². The van der Waals surface area contributed by atoms with Crippen LogP contribution in [-0.4, -0.2) is 16.0 Å². The predicted molar refractivity (Wildman–Crippen MR) is 160 cm³/mol. The monoisotopic (exact) mass is 593 g/mol. The van der Waals surface area contributed by atoms with Gasteiger partial charge in [0.25, 0.3) is 5.91 Å². The number of thioether (sulfide) groups is 1. The van der Waals surface area contributed by atoms with Crippen LogP contribution in [0.4, 0.5) is 5.69 Å². The van der Waals surface area contributed by atoms with E-state index in [0.29, 0.717) is 27.9 Å². The highest BCUT2D eigenvalue weighted by Gasteiger charge is 2.33. The molecule has 1 saturated heterocycles. The summed E-state index contributed by atoms with van der Waals surface area (Å²) in [6, 6.07) is 33.1. The van der Waals surface area contributed by atoms with Gasteiger partial charge < -0.3 is 4.74 Å². The van der Waals surface area contributed by atoms with E-state index in [-0.39, 0.29) is 12.5 Å². The summed E-state index contributed by atoms with van der Waals surface area (Å²) >= 11 is 4.97. The van der Waals surface area contributed by atoms with E-state index in [1.54, 1.807) is 11.0 Å². The van der Waals surface area contributed by atoms with Crippen molar-refractivity contribution in [1.82, 2.24) is 4.90 Å². The van der Waals surface area contributed by atoms with Crippen LogP contribution in [0.25, 0.3) is 6.08 Å². The molecule has 0 spiro atoms. The number of amidine groups is 1. The fraction of sp³-hybridized carbons (Fsp3) is 0.0938. The summed E-state index contributed by atoms with van der Waals surface area (Å²) in [5.74, 6) is 0.571. The zero-order chi connectivity index (χ0) is 27.2. The second-order valence-corrected chi connectivity index (χ2v) is 10.8. The van der Waals surface area contributed by atoms with Gasteiger partial charge in [0.05, 0.1) is 33.2 Å². The number of aryl methyl sites for hydroxylation is 1. The lowest BCUT2D eigenvalue weighted by atomic mass is 10.1. The molecule has 5 rings (SSSR count). The van der Waals surface area contributed by atoms with E-state index in [4.69, 9.17) is 9.73 Å². The van der Waals surface area contributed by atoms with Crippen LogP contribution in [0.2, 0.25) is 0 Å². The number of halogens is 1. The molecule has 1 aliphatic heterocycles. The van der Waals surface area contributed by atoms with Crippen LogP contribution >= 0.6 is 27.7 Å². The molecule has 0 N–H and O–H groups in total. The molecule has 5 nitrogen and oxygen atoms in total. The van der Waals surface area contributed by atoms with Crippen molar-refractivity contribution in [3.05, 3.63) is 134 Å². The number of nitriles is 1. The van der Waals surface area contributed by atoms with Crippen LogP contribution in [0.15, 0.2) is 111 Å². The predicted octanol–water partition coefficient (Wildman–Crippen LogP) is 8.01. The van der Waals surface area contributed by atoms with Crippen molar-refractivity contribution in [1.29, 1.82) is 5.26 Å². The van der Waals surface area contributed by atoms with Gasteiger partial charge in [0, 0.05) is 5.56 Å².